The van der Waals surface area contributed by atoms with E-state index >= 15 is 0 Å². The number of esters is 1. The van der Waals surface area contributed by atoms with Crippen molar-refractivity contribution in [3.05, 3.63) is 64.0 Å². The van der Waals surface area contributed by atoms with Crippen LogP contribution >= 0.6 is 0 Å². The Kier molecular flexibility index (Phi) is 6.45. The van der Waals surface area contributed by atoms with Crippen LogP contribution in [0.15, 0.2) is 47.4 Å². The molecule has 2 aromatic rings. The number of halogens is 1. The van der Waals surface area contributed by atoms with E-state index in [-0.39, 0.29) is 24.6 Å². The molecular formula is C17H16FNO7S. The minimum Gasteiger partial charge on any atom is -0.493 e. The summed E-state index contributed by atoms with van der Waals surface area (Å²) in [6.45, 7) is 0.202. The van der Waals surface area contributed by atoms with Crippen molar-refractivity contribution >= 4 is 21.5 Å². The van der Waals surface area contributed by atoms with E-state index in [0.717, 1.165) is 24.5 Å². The highest BCUT2D eigenvalue weighted by Gasteiger charge is 2.24. The fraction of sp³-hybridized carbons (Fsp3) is 0.235. The SMILES string of the molecule is CS(=O)(=O)c1ccc(C(=O)OCCCOc2ccc(F)cc2)cc1[N+](=O)[O-]. The largest absolute Gasteiger partial charge is 0.493 e. The highest BCUT2D eigenvalue weighted by atomic mass is 32.2. The molecule has 0 aromatic heterocycles. The predicted molar refractivity (Wildman–Crippen MR) is 93.0 cm³/mol. The fourth-order valence-electron chi connectivity index (χ4n) is 2.13. The molecule has 0 saturated carbocycles. The Hall–Kier alpha value is -3.01. The van der Waals surface area contributed by atoms with Gasteiger partial charge in [-0.15, -0.1) is 0 Å². The number of hydrogen-bond donors (Lipinski definition) is 0. The Morgan fingerprint density at radius 1 is 1.15 bits per heavy atom. The Bertz CT molecular complexity index is 942. The van der Waals surface area contributed by atoms with E-state index in [1.807, 2.05) is 0 Å². The Balaban J connectivity index is 1.91. The van der Waals surface area contributed by atoms with E-state index < -0.39 is 31.3 Å². The lowest BCUT2D eigenvalue weighted by molar-refractivity contribution is -0.387. The van der Waals surface area contributed by atoms with Gasteiger partial charge in [-0.1, -0.05) is 0 Å². The summed E-state index contributed by atoms with van der Waals surface area (Å²) < 4.78 is 46.2. The summed E-state index contributed by atoms with van der Waals surface area (Å²) in [5.74, 6) is -0.734. The fourth-order valence-corrected chi connectivity index (χ4v) is 2.96. The zero-order valence-electron chi connectivity index (χ0n) is 14.3. The Morgan fingerprint density at radius 3 is 2.41 bits per heavy atom. The molecule has 0 aliphatic rings. The third-order valence-electron chi connectivity index (χ3n) is 3.40. The smallest absolute Gasteiger partial charge is 0.338 e. The van der Waals surface area contributed by atoms with Gasteiger partial charge in [-0.2, -0.15) is 0 Å². The number of sulfone groups is 1. The molecule has 8 nitrogen and oxygen atoms in total. The predicted octanol–water partition coefficient (Wildman–Crippen LogP) is 2.76. The number of nitrogens with zero attached hydrogens (tertiary/aromatic N) is 1. The quantitative estimate of drug-likeness (QED) is 0.291. The minimum absolute atomic E-state index is 0.0122. The van der Waals surface area contributed by atoms with E-state index in [9.17, 15) is 27.7 Å². The first-order chi connectivity index (χ1) is 12.7. The maximum absolute atomic E-state index is 12.8. The van der Waals surface area contributed by atoms with Crippen LogP contribution in [0, 0.1) is 15.9 Å². The third kappa shape index (κ3) is 5.74. The molecule has 0 aliphatic heterocycles. The van der Waals surface area contributed by atoms with Crippen molar-refractivity contribution < 1.29 is 32.0 Å². The van der Waals surface area contributed by atoms with E-state index in [0.29, 0.717) is 12.2 Å². The van der Waals surface area contributed by atoms with Gasteiger partial charge in [0.15, 0.2) is 9.84 Å². The first-order valence-corrected chi connectivity index (χ1v) is 9.61. The summed E-state index contributed by atoms with van der Waals surface area (Å²) in [4.78, 5) is 21.7. The van der Waals surface area contributed by atoms with Crippen LogP contribution in [-0.2, 0) is 14.6 Å². The van der Waals surface area contributed by atoms with Crippen LogP contribution in [0.25, 0.3) is 0 Å². The van der Waals surface area contributed by atoms with Gasteiger partial charge in [0.2, 0.25) is 0 Å². The first-order valence-electron chi connectivity index (χ1n) is 7.72. The molecule has 2 rings (SSSR count). The summed E-state index contributed by atoms with van der Waals surface area (Å²) >= 11 is 0. The minimum atomic E-state index is -3.81. The van der Waals surface area contributed by atoms with Crippen LogP contribution in [0.3, 0.4) is 0 Å². The second kappa shape index (κ2) is 8.58. The molecule has 0 atom stereocenters. The number of hydrogen-bond acceptors (Lipinski definition) is 7. The molecule has 0 fully saturated rings. The van der Waals surface area contributed by atoms with Crippen molar-refractivity contribution in [1.29, 1.82) is 0 Å². The molecule has 0 heterocycles. The van der Waals surface area contributed by atoms with Crippen LogP contribution in [0.5, 0.6) is 5.75 Å². The first kappa shape index (κ1) is 20.3. The summed E-state index contributed by atoms with van der Waals surface area (Å²) in [5.41, 5.74) is -0.819. The average molecular weight is 397 g/mol. The molecule has 10 heteroatoms. The van der Waals surface area contributed by atoms with Gasteiger partial charge in [0.05, 0.1) is 23.7 Å². The van der Waals surface area contributed by atoms with Crippen molar-refractivity contribution in [3.8, 4) is 5.75 Å². The van der Waals surface area contributed by atoms with Crippen molar-refractivity contribution in [3.63, 3.8) is 0 Å². The van der Waals surface area contributed by atoms with Gasteiger partial charge in [0.25, 0.3) is 5.69 Å². The van der Waals surface area contributed by atoms with Gasteiger partial charge >= 0.3 is 5.97 Å². The molecule has 0 bridgehead atoms. The second-order valence-corrected chi connectivity index (χ2v) is 7.49. The van der Waals surface area contributed by atoms with E-state index in [2.05, 4.69) is 0 Å². The maximum Gasteiger partial charge on any atom is 0.338 e. The van der Waals surface area contributed by atoms with Crippen LogP contribution in [0.2, 0.25) is 0 Å². The number of benzene rings is 2. The number of ether oxygens (including phenoxy) is 2. The second-order valence-electron chi connectivity index (χ2n) is 5.50. The molecule has 144 valence electrons. The van der Waals surface area contributed by atoms with Gasteiger partial charge in [-0.3, -0.25) is 10.1 Å². The summed E-state index contributed by atoms with van der Waals surface area (Å²) in [7, 11) is -3.81. The van der Waals surface area contributed by atoms with Crippen molar-refractivity contribution in [1.82, 2.24) is 0 Å². The maximum atomic E-state index is 12.8. The summed E-state index contributed by atoms with van der Waals surface area (Å²) in [5, 5.41) is 11.0. The zero-order valence-corrected chi connectivity index (χ0v) is 15.1. The topological polar surface area (TPSA) is 113 Å². The molecular weight excluding hydrogens is 381 g/mol. The average Bonchev–Trinajstić information content (AvgIpc) is 2.61. The molecule has 0 N–H and O–H groups in total. The lowest BCUT2D eigenvalue weighted by Crippen LogP contribution is -2.11. The highest BCUT2D eigenvalue weighted by molar-refractivity contribution is 7.90. The summed E-state index contributed by atoms with van der Waals surface area (Å²) in [6.07, 6.45) is 1.18. The van der Waals surface area contributed by atoms with E-state index in [1.165, 1.54) is 24.3 Å². The van der Waals surface area contributed by atoms with Crippen molar-refractivity contribution in [2.75, 3.05) is 19.5 Å². The number of nitro benzene ring substituents is 1. The van der Waals surface area contributed by atoms with Crippen LogP contribution < -0.4 is 4.74 Å². The lowest BCUT2D eigenvalue weighted by atomic mass is 10.2. The third-order valence-corrected chi connectivity index (χ3v) is 4.54. The monoisotopic (exact) mass is 397 g/mol. The molecule has 0 spiro atoms. The standard InChI is InChI=1S/C17H16FNO7S/c1-27(23,24)16-8-3-12(11-15(16)19(21)22)17(20)26-10-2-9-25-14-6-4-13(18)5-7-14/h3-8,11H,2,9-10H2,1H3. The van der Waals surface area contributed by atoms with Gasteiger partial charge in [0.1, 0.15) is 16.5 Å². The molecule has 0 amide bonds. The number of carbonyl (C=O) groups is 1. The van der Waals surface area contributed by atoms with Gasteiger partial charge in [0, 0.05) is 18.7 Å². The Morgan fingerprint density at radius 2 is 1.81 bits per heavy atom. The normalized spacial score (nSPS) is 11.0. The number of nitro groups is 1. The van der Waals surface area contributed by atoms with Crippen molar-refractivity contribution in [2.24, 2.45) is 0 Å². The van der Waals surface area contributed by atoms with Gasteiger partial charge in [-0.25, -0.2) is 17.6 Å². The number of carbonyl (C=O) groups excluding carboxylic acids is 1. The molecule has 27 heavy (non-hydrogen) atoms. The van der Waals surface area contributed by atoms with Crippen molar-refractivity contribution in [2.45, 2.75) is 11.3 Å². The Labute approximate surface area is 154 Å². The van der Waals surface area contributed by atoms with Gasteiger partial charge in [-0.05, 0) is 36.4 Å². The van der Waals surface area contributed by atoms with Gasteiger partial charge < -0.3 is 9.47 Å². The summed E-state index contributed by atoms with van der Waals surface area (Å²) in [6, 6.07) is 8.45. The van der Waals surface area contributed by atoms with Crippen LogP contribution in [-0.4, -0.2) is 38.8 Å². The van der Waals surface area contributed by atoms with Crippen LogP contribution in [0.1, 0.15) is 16.8 Å². The number of rotatable bonds is 8. The van der Waals surface area contributed by atoms with Crippen LogP contribution in [0.4, 0.5) is 10.1 Å². The zero-order chi connectivity index (χ0) is 20.0. The molecule has 0 unspecified atom stereocenters. The van der Waals surface area contributed by atoms with E-state index in [4.69, 9.17) is 9.47 Å². The lowest BCUT2D eigenvalue weighted by Gasteiger charge is -2.08. The van der Waals surface area contributed by atoms with E-state index in [1.54, 1.807) is 0 Å². The highest BCUT2D eigenvalue weighted by Crippen LogP contribution is 2.25. The molecule has 2 aromatic carbocycles. The molecule has 0 radical (unpaired) electrons. The molecule has 0 saturated heterocycles. The molecule has 0 aliphatic carbocycles.